The van der Waals surface area contributed by atoms with Crippen molar-refractivity contribution in [3.05, 3.63) is 42.0 Å². The molecule has 2 aromatic rings. The summed E-state index contributed by atoms with van der Waals surface area (Å²) in [7, 11) is 1.86. The number of carbonyl (C=O) groups is 1. The molecular weight excluding hydrogens is 252 g/mol. The van der Waals surface area contributed by atoms with Crippen molar-refractivity contribution in [2.24, 2.45) is 7.05 Å². The van der Waals surface area contributed by atoms with Crippen molar-refractivity contribution >= 4 is 5.91 Å². The Bertz CT molecular complexity index is 603. The number of rotatable bonds is 3. The van der Waals surface area contributed by atoms with Gasteiger partial charge in [-0.05, 0) is 33.8 Å². The van der Waals surface area contributed by atoms with Crippen LogP contribution in [0.25, 0.3) is 0 Å². The molecule has 1 atom stereocenters. The zero-order valence-corrected chi connectivity index (χ0v) is 12.7. The first kappa shape index (κ1) is 14.4. The van der Waals surface area contributed by atoms with E-state index in [0.29, 0.717) is 5.56 Å². The Morgan fingerprint density at radius 2 is 2.05 bits per heavy atom. The van der Waals surface area contributed by atoms with E-state index in [9.17, 15) is 4.79 Å². The minimum Gasteiger partial charge on any atom is -0.348 e. The van der Waals surface area contributed by atoms with Gasteiger partial charge in [0, 0.05) is 36.7 Å². The second kappa shape index (κ2) is 5.15. The Kier molecular flexibility index (Phi) is 3.70. The standard InChI is InChI=1S/C15H22N4O/c1-11(13-8-16-18(5)9-13)17-14(20)12-6-7-19(10-12)15(2,3)4/h6-11H,1-5H3,(H,17,20)/t11-/m0/s1. The van der Waals surface area contributed by atoms with Crippen LogP contribution in [0.2, 0.25) is 0 Å². The van der Waals surface area contributed by atoms with Crippen LogP contribution in [-0.4, -0.2) is 20.3 Å². The lowest BCUT2D eigenvalue weighted by molar-refractivity contribution is 0.0939. The van der Waals surface area contributed by atoms with E-state index in [4.69, 9.17) is 0 Å². The molecule has 5 heteroatoms. The summed E-state index contributed by atoms with van der Waals surface area (Å²) in [5, 5.41) is 7.10. The molecule has 0 spiro atoms. The Hall–Kier alpha value is -2.04. The van der Waals surface area contributed by atoms with Gasteiger partial charge in [-0.15, -0.1) is 0 Å². The molecule has 0 saturated heterocycles. The molecule has 108 valence electrons. The highest BCUT2D eigenvalue weighted by molar-refractivity contribution is 5.94. The third kappa shape index (κ3) is 3.10. The number of nitrogens with one attached hydrogen (secondary N) is 1. The minimum absolute atomic E-state index is 0.0203. The van der Waals surface area contributed by atoms with Gasteiger partial charge in [0.15, 0.2) is 0 Å². The molecule has 0 aliphatic rings. The summed E-state index contributed by atoms with van der Waals surface area (Å²) in [6.45, 7) is 8.27. The number of aryl methyl sites for hydroxylation is 1. The maximum absolute atomic E-state index is 12.2. The van der Waals surface area contributed by atoms with E-state index in [1.807, 2.05) is 43.2 Å². The molecule has 2 aromatic heterocycles. The largest absolute Gasteiger partial charge is 0.348 e. The highest BCUT2D eigenvalue weighted by Crippen LogP contribution is 2.17. The van der Waals surface area contributed by atoms with Gasteiger partial charge in [0.1, 0.15) is 0 Å². The van der Waals surface area contributed by atoms with Gasteiger partial charge in [0.25, 0.3) is 5.91 Å². The van der Waals surface area contributed by atoms with Crippen LogP contribution in [0.15, 0.2) is 30.9 Å². The van der Waals surface area contributed by atoms with Crippen LogP contribution in [-0.2, 0) is 12.6 Å². The van der Waals surface area contributed by atoms with Crippen molar-refractivity contribution in [1.29, 1.82) is 0 Å². The maximum Gasteiger partial charge on any atom is 0.253 e. The molecule has 20 heavy (non-hydrogen) atoms. The zero-order valence-electron chi connectivity index (χ0n) is 12.7. The molecule has 0 aliphatic heterocycles. The smallest absolute Gasteiger partial charge is 0.253 e. The lowest BCUT2D eigenvalue weighted by atomic mass is 10.1. The monoisotopic (exact) mass is 274 g/mol. The molecule has 0 aromatic carbocycles. The van der Waals surface area contributed by atoms with Crippen LogP contribution in [0.5, 0.6) is 0 Å². The van der Waals surface area contributed by atoms with Crippen LogP contribution in [0.4, 0.5) is 0 Å². The molecule has 0 fully saturated rings. The Morgan fingerprint density at radius 3 is 2.55 bits per heavy atom. The predicted molar refractivity (Wildman–Crippen MR) is 78.5 cm³/mol. The van der Waals surface area contributed by atoms with Crippen molar-refractivity contribution < 1.29 is 4.79 Å². The number of nitrogens with zero attached hydrogens (tertiary/aromatic N) is 3. The Morgan fingerprint density at radius 1 is 1.35 bits per heavy atom. The quantitative estimate of drug-likeness (QED) is 0.934. The second-order valence-corrected chi connectivity index (χ2v) is 6.12. The SMILES string of the molecule is C[C@H](NC(=O)c1ccn(C(C)(C)C)c1)c1cnn(C)c1. The van der Waals surface area contributed by atoms with Crippen LogP contribution >= 0.6 is 0 Å². The molecule has 0 radical (unpaired) electrons. The van der Waals surface area contributed by atoms with E-state index in [1.165, 1.54) is 0 Å². The van der Waals surface area contributed by atoms with Gasteiger partial charge in [-0.3, -0.25) is 9.48 Å². The first-order valence-corrected chi connectivity index (χ1v) is 6.75. The number of aromatic nitrogens is 3. The number of hydrogen-bond acceptors (Lipinski definition) is 2. The van der Waals surface area contributed by atoms with E-state index in [2.05, 4.69) is 31.2 Å². The summed E-state index contributed by atoms with van der Waals surface area (Å²) >= 11 is 0. The van der Waals surface area contributed by atoms with Gasteiger partial charge in [0.05, 0.1) is 17.8 Å². The number of hydrogen-bond donors (Lipinski definition) is 1. The summed E-state index contributed by atoms with van der Waals surface area (Å²) in [5.41, 5.74) is 1.65. The van der Waals surface area contributed by atoms with Crippen molar-refractivity contribution in [2.45, 2.75) is 39.3 Å². The summed E-state index contributed by atoms with van der Waals surface area (Å²) < 4.78 is 3.77. The lowest BCUT2D eigenvalue weighted by Gasteiger charge is -2.20. The molecule has 0 bridgehead atoms. The molecule has 1 amide bonds. The molecule has 0 unspecified atom stereocenters. The molecule has 5 nitrogen and oxygen atoms in total. The van der Waals surface area contributed by atoms with E-state index < -0.39 is 0 Å². The first-order valence-electron chi connectivity index (χ1n) is 6.75. The van der Waals surface area contributed by atoms with E-state index in [0.717, 1.165) is 5.56 Å². The highest BCUT2D eigenvalue weighted by atomic mass is 16.1. The second-order valence-electron chi connectivity index (χ2n) is 6.12. The van der Waals surface area contributed by atoms with Crippen molar-refractivity contribution in [1.82, 2.24) is 19.7 Å². The van der Waals surface area contributed by atoms with Crippen molar-refractivity contribution in [2.75, 3.05) is 0 Å². The van der Waals surface area contributed by atoms with Gasteiger partial charge < -0.3 is 9.88 Å². The predicted octanol–water partition coefficient (Wildman–Crippen LogP) is 2.47. The fourth-order valence-corrected chi connectivity index (χ4v) is 1.98. The summed E-state index contributed by atoms with van der Waals surface area (Å²) in [6, 6.07) is 1.78. The van der Waals surface area contributed by atoms with Crippen LogP contribution in [0.3, 0.4) is 0 Å². The molecule has 0 saturated carbocycles. The average molecular weight is 274 g/mol. The minimum atomic E-state index is -0.0654. The molecular formula is C15H22N4O. The third-order valence-electron chi connectivity index (χ3n) is 3.30. The molecule has 1 N–H and O–H groups in total. The first-order chi connectivity index (χ1) is 9.27. The molecule has 2 heterocycles. The van der Waals surface area contributed by atoms with Gasteiger partial charge in [0.2, 0.25) is 0 Å². The summed E-state index contributed by atoms with van der Waals surface area (Å²) in [4.78, 5) is 12.2. The fraction of sp³-hybridized carbons (Fsp3) is 0.467. The third-order valence-corrected chi connectivity index (χ3v) is 3.30. The van der Waals surface area contributed by atoms with E-state index in [-0.39, 0.29) is 17.5 Å². The Balaban J connectivity index is 2.07. The van der Waals surface area contributed by atoms with Gasteiger partial charge >= 0.3 is 0 Å². The fourth-order valence-electron chi connectivity index (χ4n) is 1.98. The van der Waals surface area contributed by atoms with Gasteiger partial charge in [-0.1, -0.05) is 0 Å². The van der Waals surface area contributed by atoms with Crippen molar-refractivity contribution in [3.63, 3.8) is 0 Å². The molecule has 0 aliphatic carbocycles. The summed E-state index contributed by atoms with van der Waals surface area (Å²) in [5.74, 6) is -0.0654. The maximum atomic E-state index is 12.2. The normalized spacial score (nSPS) is 13.2. The number of amides is 1. The van der Waals surface area contributed by atoms with Crippen LogP contribution < -0.4 is 5.32 Å². The van der Waals surface area contributed by atoms with Crippen molar-refractivity contribution in [3.8, 4) is 0 Å². The van der Waals surface area contributed by atoms with E-state index >= 15 is 0 Å². The molecule has 2 rings (SSSR count). The zero-order chi connectivity index (χ0) is 14.9. The van der Waals surface area contributed by atoms with Gasteiger partial charge in [-0.2, -0.15) is 5.10 Å². The van der Waals surface area contributed by atoms with E-state index in [1.54, 1.807) is 10.9 Å². The Labute approximate surface area is 119 Å². The number of carbonyl (C=O) groups excluding carboxylic acids is 1. The lowest BCUT2D eigenvalue weighted by Crippen LogP contribution is -2.26. The summed E-state index contributed by atoms with van der Waals surface area (Å²) in [6.07, 6.45) is 7.49. The van der Waals surface area contributed by atoms with Crippen LogP contribution in [0.1, 0.15) is 49.7 Å². The van der Waals surface area contributed by atoms with Crippen LogP contribution in [0, 0.1) is 0 Å². The van der Waals surface area contributed by atoms with Gasteiger partial charge in [-0.25, -0.2) is 0 Å². The average Bonchev–Trinajstić information content (AvgIpc) is 2.95. The topological polar surface area (TPSA) is 51.9 Å². The highest BCUT2D eigenvalue weighted by Gasteiger charge is 2.17.